The number of methoxy groups -OCH3 is 1. The number of aliphatic hydroxyl groups excluding tert-OH is 2. The van der Waals surface area contributed by atoms with Crippen LogP contribution in [0.4, 0.5) is 4.39 Å². The number of hydrogen-bond donors (Lipinski definition) is 3. The topological polar surface area (TPSA) is 91.8 Å². The van der Waals surface area contributed by atoms with Gasteiger partial charge in [-0.15, -0.1) is 0 Å². The summed E-state index contributed by atoms with van der Waals surface area (Å²) in [7, 11) is 1.43. The van der Waals surface area contributed by atoms with Crippen molar-refractivity contribution < 1.29 is 24.1 Å². The Bertz CT molecular complexity index is 1180. The Morgan fingerprint density at radius 2 is 1.78 bits per heavy atom. The Balaban J connectivity index is 2.25. The summed E-state index contributed by atoms with van der Waals surface area (Å²) in [6.45, 7) is 7.58. The third-order valence-corrected chi connectivity index (χ3v) is 5.18. The minimum absolute atomic E-state index is 0.184. The fraction of sp³-hybridized carbons (Fsp3) is 0.320. The number of aromatic nitrogens is 1. The van der Waals surface area contributed by atoms with Crippen molar-refractivity contribution >= 4 is 0 Å². The molecule has 0 aliphatic heterocycles. The van der Waals surface area contributed by atoms with Gasteiger partial charge in [-0.05, 0) is 41.7 Å². The number of aliphatic hydroxyl groups is 2. The van der Waals surface area contributed by atoms with Crippen LogP contribution in [0.2, 0.25) is 0 Å². The molecule has 0 aliphatic carbocycles. The summed E-state index contributed by atoms with van der Waals surface area (Å²) in [5.41, 5.74) is 2.55. The van der Waals surface area contributed by atoms with Crippen LogP contribution in [0, 0.1) is 12.7 Å². The van der Waals surface area contributed by atoms with Crippen molar-refractivity contribution in [1.82, 2.24) is 4.98 Å². The molecule has 0 bridgehead atoms. The van der Waals surface area contributed by atoms with E-state index in [4.69, 9.17) is 9.47 Å². The lowest BCUT2D eigenvalue weighted by atomic mass is 9.84. The van der Waals surface area contributed by atoms with Crippen LogP contribution in [0.5, 0.6) is 17.2 Å². The Morgan fingerprint density at radius 1 is 1.06 bits per heavy atom. The summed E-state index contributed by atoms with van der Waals surface area (Å²) in [4.78, 5) is 15.4. The number of ether oxygens (including phenoxy) is 2. The number of H-pyrrole nitrogens is 1. The largest absolute Gasteiger partial charge is 0.493 e. The van der Waals surface area contributed by atoms with Gasteiger partial charge < -0.3 is 24.7 Å². The van der Waals surface area contributed by atoms with Gasteiger partial charge in [0.15, 0.2) is 16.9 Å². The number of hydrogen-bond acceptors (Lipinski definition) is 5. The van der Waals surface area contributed by atoms with Gasteiger partial charge in [0.2, 0.25) is 0 Å². The van der Waals surface area contributed by atoms with Crippen LogP contribution < -0.4 is 14.9 Å². The van der Waals surface area contributed by atoms with Gasteiger partial charge in [0, 0.05) is 23.8 Å². The van der Waals surface area contributed by atoms with Crippen LogP contribution in [0.25, 0.3) is 11.3 Å². The third-order valence-electron chi connectivity index (χ3n) is 5.18. The lowest BCUT2D eigenvalue weighted by Crippen LogP contribution is -2.13. The van der Waals surface area contributed by atoms with E-state index < -0.39 is 18.5 Å². The molecule has 1 heterocycles. The van der Waals surface area contributed by atoms with Gasteiger partial charge in [-0.3, -0.25) is 4.79 Å². The monoisotopic (exact) mass is 441 g/mol. The van der Waals surface area contributed by atoms with E-state index in [-0.39, 0.29) is 22.3 Å². The summed E-state index contributed by atoms with van der Waals surface area (Å²) >= 11 is 0. The molecule has 6 nitrogen and oxygen atoms in total. The number of nitrogens with one attached hydrogen (secondary N) is 1. The number of pyridine rings is 1. The lowest BCUT2D eigenvalue weighted by molar-refractivity contribution is 0.0923. The van der Waals surface area contributed by atoms with Crippen LogP contribution in [0.1, 0.15) is 43.7 Å². The fourth-order valence-corrected chi connectivity index (χ4v) is 3.44. The zero-order chi connectivity index (χ0) is 23.6. The summed E-state index contributed by atoms with van der Waals surface area (Å²) in [5.74, 6) is 0.525. The second-order valence-electron chi connectivity index (χ2n) is 8.70. The quantitative estimate of drug-likeness (QED) is 0.519. The van der Waals surface area contributed by atoms with Crippen molar-refractivity contribution in [3.8, 4) is 28.5 Å². The van der Waals surface area contributed by atoms with Crippen molar-refractivity contribution in [1.29, 1.82) is 0 Å². The highest BCUT2D eigenvalue weighted by molar-refractivity contribution is 5.73. The molecular weight excluding hydrogens is 413 g/mol. The van der Waals surface area contributed by atoms with Crippen molar-refractivity contribution in [2.75, 3.05) is 13.7 Å². The summed E-state index contributed by atoms with van der Waals surface area (Å²) in [6.07, 6.45) is -1.22. The van der Waals surface area contributed by atoms with E-state index in [9.17, 15) is 19.4 Å². The van der Waals surface area contributed by atoms with E-state index in [1.165, 1.54) is 37.4 Å². The van der Waals surface area contributed by atoms with Gasteiger partial charge >= 0.3 is 0 Å². The molecule has 170 valence electrons. The average molecular weight is 441 g/mol. The lowest BCUT2D eigenvalue weighted by Gasteiger charge is -2.24. The molecule has 0 saturated carbocycles. The zero-order valence-corrected chi connectivity index (χ0v) is 18.8. The van der Waals surface area contributed by atoms with E-state index >= 15 is 0 Å². The highest BCUT2D eigenvalue weighted by Gasteiger charge is 2.22. The molecule has 0 radical (unpaired) electrons. The Hall–Kier alpha value is -3.16. The molecule has 0 saturated heterocycles. The van der Waals surface area contributed by atoms with Crippen LogP contribution >= 0.6 is 0 Å². The molecule has 32 heavy (non-hydrogen) atoms. The van der Waals surface area contributed by atoms with Gasteiger partial charge in [-0.25, -0.2) is 4.39 Å². The Morgan fingerprint density at radius 3 is 2.41 bits per heavy atom. The first kappa shape index (κ1) is 23.5. The van der Waals surface area contributed by atoms with Crippen molar-refractivity contribution in [2.24, 2.45) is 0 Å². The van der Waals surface area contributed by atoms with Gasteiger partial charge in [-0.1, -0.05) is 26.8 Å². The molecule has 0 fully saturated rings. The second kappa shape index (κ2) is 9.14. The Kier molecular flexibility index (Phi) is 6.71. The fourth-order valence-electron chi connectivity index (χ4n) is 3.44. The summed E-state index contributed by atoms with van der Waals surface area (Å²) in [5, 5.41) is 19.3. The maximum absolute atomic E-state index is 13.7. The van der Waals surface area contributed by atoms with Crippen molar-refractivity contribution in [3.63, 3.8) is 0 Å². The van der Waals surface area contributed by atoms with E-state index in [0.717, 1.165) is 11.1 Å². The number of rotatable bonds is 6. The van der Waals surface area contributed by atoms with Gasteiger partial charge in [0.25, 0.3) is 0 Å². The maximum Gasteiger partial charge on any atom is 0.182 e. The second-order valence-corrected chi connectivity index (χ2v) is 8.70. The SMILES string of the molecule is COc1cc(F)ccc1Oc1cc(C(C)(C)C)cc(C)c1-c1cc(=O)cc([C@@H](O)CO)[nH]1. The molecule has 0 aliphatic rings. The molecule has 0 unspecified atom stereocenters. The summed E-state index contributed by atoms with van der Waals surface area (Å²) in [6, 6.07) is 10.5. The van der Waals surface area contributed by atoms with E-state index in [1.807, 2.05) is 19.1 Å². The molecular formula is C25H28FNO5. The first-order valence-corrected chi connectivity index (χ1v) is 10.2. The molecule has 3 rings (SSSR count). The highest BCUT2D eigenvalue weighted by atomic mass is 19.1. The molecule has 7 heteroatoms. The molecule has 0 spiro atoms. The minimum atomic E-state index is -1.22. The van der Waals surface area contributed by atoms with E-state index in [2.05, 4.69) is 25.8 Å². The van der Waals surface area contributed by atoms with Crippen molar-refractivity contribution in [2.45, 2.75) is 39.2 Å². The molecule has 1 aromatic heterocycles. The average Bonchev–Trinajstić information content (AvgIpc) is 2.72. The molecule has 2 aromatic carbocycles. The highest BCUT2D eigenvalue weighted by Crippen LogP contribution is 2.41. The number of halogens is 1. The predicted molar refractivity (Wildman–Crippen MR) is 121 cm³/mol. The third kappa shape index (κ3) is 5.00. The van der Waals surface area contributed by atoms with Crippen molar-refractivity contribution in [3.05, 3.63) is 75.3 Å². The predicted octanol–water partition coefficient (Wildman–Crippen LogP) is 4.61. The van der Waals surface area contributed by atoms with Crippen LogP contribution in [0.15, 0.2) is 47.3 Å². The Labute approximate surface area is 186 Å². The zero-order valence-electron chi connectivity index (χ0n) is 18.8. The normalized spacial score (nSPS) is 12.5. The van der Waals surface area contributed by atoms with Crippen LogP contribution in [-0.4, -0.2) is 28.9 Å². The molecule has 3 N–H and O–H groups in total. The van der Waals surface area contributed by atoms with Crippen LogP contribution in [0.3, 0.4) is 0 Å². The molecule has 0 amide bonds. The minimum Gasteiger partial charge on any atom is -0.493 e. The van der Waals surface area contributed by atoms with Gasteiger partial charge in [-0.2, -0.15) is 0 Å². The van der Waals surface area contributed by atoms with Gasteiger partial charge in [0.1, 0.15) is 17.7 Å². The van der Waals surface area contributed by atoms with E-state index in [0.29, 0.717) is 22.8 Å². The smallest absolute Gasteiger partial charge is 0.182 e. The van der Waals surface area contributed by atoms with Gasteiger partial charge in [0.05, 0.1) is 25.1 Å². The summed E-state index contributed by atoms with van der Waals surface area (Å²) < 4.78 is 25.2. The maximum atomic E-state index is 13.7. The van der Waals surface area contributed by atoms with Crippen LogP contribution in [-0.2, 0) is 5.41 Å². The molecule has 3 aromatic rings. The first-order chi connectivity index (χ1) is 15.0. The molecule has 1 atom stereocenters. The number of aryl methyl sites for hydroxylation is 1. The standard InChI is InChI=1S/C25H28FNO5/c1-14-8-15(25(2,3)4)9-23(32-21-7-6-16(26)10-22(21)31-5)24(14)19-12-17(29)11-18(27-19)20(30)13-28/h6-12,20,28,30H,13H2,1-5H3,(H,27,29)/t20-/m0/s1. The first-order valence-electron chi connectivity index (χ1n) is 10.2. The number of benzene rings is 2. The van der Waals surface area contributed by atoms with E-state index in [1.54, 1.807) is 0 Å². The number of aromatic amines is 1.